The minimum atomic E-state index is -0.340. The fourth-order valence-electron chi connectivity index (χ4n) is 2.82. The predicted molar refractivity (Wildman–Crippen MR) is 116 cm³/mol. The van der Waals surface area contributed by atoms with Gasteiger partial charge in [-0.05, 0) is 43.9 Å². The van der Waals surface area contributed by atoms with E-state index in [9.17, 15) is 4.79 Å². The highest BCUT2D eigenvalue weighted by atomic mass is 32.1. The van der Waals surface area contributed by atoms with Crippen LogP contribution in [-0.2, 0) is 0 Å². The van der Waals surface area contributed by atoms with Crippen LogP contribution in [0.5, 0.6) is 5.75 Å². The van der Waals surface area contributed by atoms with Gasteiger partial charge in [0.1, 0.15) is 11.4 Å². The first kappa shape index (κ1) is 20.2. The average Bonchev–Trinajstić information content (AvgIpc) is 3.40. The number of pyridine rings is 2. The summed E-state index contributed by atoms with van der Waals surface area (Å²) in [5.41, 5.74) is 4.11. The largest absolute Gasteiger partial charge is 0.494 e. The van der Waals surface area contributed by atoms with E-state index in [1.54, 1.807) is 31.8 Å². The summed E-state index contributed by atoms with van der Waals surface area (Å²) >= 11 is 1.18. The number of aryl methyl sites for hydroxylation is 2. The van der Waals surface area contributed by atoms with Gasteiger partial charge in [0.15, 0.2) is 5.01 Å². The summed E-state index contributed by atoms with van der Waals surface area (Å²) in [7, 11) is 1.56. The number of hydrogen-bond acceptors (Lipinski definition) is 8. The molecule has 0 atom stereocenters. The van der Waals surface area contributed by atoms with Gasteiger partial charge in [-0.25, -0.2) is 0 Å². The van der Waals surface area contributed by atoms with Gasteiger partial charge in [0.05, 0.1) is 18.9 Å². The van der Waals surface area contributed by atoms with Gasteiger partial charge in [-0.15, -0.1) is 10.2 Å². The van der Waals surface area contributed by atoms with Gasteiger partial charge in [-0.3, -0.25) is 25.2 Å². The Kier molecular flexibility index (Phi) is 5.68. The standard InChI is InChI=1S/C21H17N7O2S/c1-12-9-16(18(30-3)11-23-12)17-10-22-7-6-15(17)20(29)24-21-28-27-19(31-21)5-4-14-8-13(2)25-26-14/h6-11H,1-3H3,(H,25,26)(H,24,28,29). The number of nitrogens with zero attached hydrogens (tertiary/aromatic N) is 5. The molecule has 4 heterocycles. The van der Waals surface area contributed by atoms with Crippen molar-refractivity contribution >= 4 is 22.4 Å². The Morgan fingerprint density at radius 1 is 1.16 bits per heavy atom. The second-order valence-corrected chi connectivity index (χ2v) is 7.48. The van der Waals surface area contributed by atoms with Crippen LogP contribution in [0.4, 0.5) is 5.13 Å². The number of carbonyl (C=O) groups excluding carboxylic acids is 1. The summed E-state index contributed by atoms with van der Waals surface area (Å²) in [5, 5.41) is 18.5. The van der Waals surface area contributed by atoms with Crippen molar-refractivity contribution in [2.24, 2.45) is 0 Å². The van der Waals surface area contributed by atoms with E-state index in [0.717, 1.165) is 17.0 Å². The highest BCUT2D eigenvalue weighted by Gasteiger charge is 2.18. The number of anilines is 1. The second-order valence-electron chi connectivity index (χ2n) is 6.50. The van der Waals surface area contributed by atoms with Crippen molar-refractivity contribution < 1.29 is 9.53 Å². The lowest BCUT2D eigenvalue weighted by molar-refractivity contribution is 0.102. The van der Waals surface area contributed by atoms with Gasteiger partial charge in [0.25, 0.3) is 5.91 Å². The SMILES string of the molecule is COc1cnc(C)cc1-c1cnccc1C(=O)Nc1nnc(C#Cc2cc(C)[nH]n2)s1. The third kappa shape index (κ3) is 4.57. The molecule has 0 unspecified atom stereocenters. The van der Waals surface area contributed by atoms with Crippen LogP contribution in [0.3, 0.4) is 0 Å². The van der Waals surface area contributed by atoms with Crippen molar-refractivity contribution in [3.63, 3.8) is 0 Å². The zero-order valence-corrected chi connectivity index (χ0v) is 17.7. The molecule has 1 amide bonds. The average molecular weight is 431 g/mol. The first-order valence-electron chi connectivity index (χ1n) is 9.17. The lowest BCUT2D eigenvalue weighted by Crippen LogP contribution is -2.13. The summed E-state index contributed by atoms with van der Waals surface area (Å²) in [6.07, 6.45) is 4.80. The zero-order chi connectivity index (χ0) is 21.8. The van der Waals surface area contributed by atoms with Gasteiger partial charge < -0.3 is 4.74 Å². The van der Waals surface area contributed by atoms with E-state index in [2.05, 4.69) is 47.5 Å². The Hall–Kier alpha value is -4.10. The molecule has 0 saturated heterocycles. The minimum absolute atomic E-state index is 0.340. The van der Waals surface area contributed by atoms with Crippen LogP contribution in [0.25, 0.3) is 11.1 Å². The van der Waals surface area contributed by atoms with E-state index in [1.807, 2.05) is 26.0 Å². The Labute approximate surface area is 182 Å². The number of aromatic nitrogens is 6. The van der Waals surface area contributed by atoms with Crippen molar-refractivity contribution in [1.82, 2.24) is 30.4 Å². The van der Waals surface area contributed by atoms with Crippen LogP contribution in [0.2, 0.25) is 0 Å². The number of nitrogens with one attached hydrogen (secondary N) is 2. The summed E-state index contributed by atoms with van der Waals surface area (Å²) in [6, 6.07) is 5.32. The number of ether oxygens (including phenoxy) is 1. The molecule has 4 aromatic rings. The van der Waals surface area contributed by atoms with Crippen molar-refractivity contribution in [2.75, 3.05) is 12.4 Å². The van der Waals surface area contributed by atoms with E-state index in [-0.39, 0.29) is 5.91 Å². The molecule has 0 radical (unpaired) electrons. The van der Waals surface area contributed by atoms with Crippen molar-refractivity contribution in [3.05, 3.63) is 64.4 Å². The van der Waals surface area contributed by atoms with Gasteiger partial charge in [0, 0.05) is 34.9 Å². The molecule has 0 saturated carbocycles. The highest BCUT2D eigenvalue weighted by molar-refractivity contribution is 7.15. The summed E-state index contributed by atoms with van der Waals surface area (Å²) in [6.45, 7) is 3.76. The summed E-state index contributed by atoms with van der Waals surface area (Å²) in [4.78, 5) is 21.4. The quantitative estimate of drug-likeness (QED) is 0.477. The summed E-state index contributed by atoms with van der Waals surface area (Å²) < 4.78 is 5.41. The van der Waals surface area contributed by atoms with Crippen LogP contribution < -0.4 is 10.1 Å². The van der Waals surface area contributed by atoms with Crippen LogP contribution in [0.1, 0.15) is 32.4 Å². The fraction of sp³-hybridized carbons (Fsp3) is 0.143. The predicted octanol–water partition coefficient (Wildman–Crippen LogP) is 3.00. The summed E-state index contributed by atoms with van der Waals surface area (Å²) in [5.74, 6) is 6.01. The molecule has 0 aliphatic rings. The molecular weight excluding hydrogens is 414 g/mol. The number of carbonyl (C=O) groups is 1. The maximum absolute atomic E-state index is 13.0. The number of methoxy groups -OCH3 is 1. The normalized spacial score (nSPS) is 10.3. The Morgan fingerprint density at radius 2 is 2.03 bits per heavy atom. The molecule has 0 fully saturated rings. The lowest BCUT2D eigenvalue weighted by Gasteiger charge is -2.12. The number of aromatic amines is 1. The molecule has 10 heteroatoms. The molecule has 4 aromatic heterocycles. The van der Waals surface area contributed by atoms with Gasteiger partial charge in [-0.1, -0.05) is 11.3 Å². The van der Waals surface area contributed by atoms with E-state index < -0.39 is 0 Å². The van der Waals surface area contributed by atoms with E-state index in [4.69, 9.17) is 4.74 Å². The molecule has 0 spiro atoms. The number of amides is 1. The maximum atomic E-state index is 13.0. The van der Waals surface area contributed by atoms with Gasteiger partial charge in [-0.2, -0.15) is 5.10 Å². The highest BCUT2D eigenvalue weighted by Crippen LogP contribution is 2.32. The molecule has 0 aliphatic carbocycles. The van der Waals surface area contributed by atoms with Gasteiger partial charge in [0.2, 0.25) is 5.13 Å². The zero-order valence-electron chi connectivity index (χ0n) is 16.9. The Balaban J connectivity index is 1.58. The number of H-pyrrole nitrogens is 1. The monoisotopic (exact) mass is 431 g/mol. The first-order chi connectivity index (χ1) is 15.0. The Bertz CT molecular complexity index is 1320. The topological polar surface area (TPSA) is 119 Å². The molecule has 0 aromatic carbocycles. The van der Waals surface area contributed by atoms with Crippen molar-refractivity contribution in [2.45, 2.75) is 13.8 Å². The smallest absolute Gasteiger partial charge is 0.258 e. The van der Waals surface area contributed by atoms with Crippen LogP contribution in [-0.4, -0.2) is 43.4 Å². The third-order valence-corrected chi connectivity index (χ3v) is 4.98. The lowest BCUT2D eigenvalue weighted by atomic mass is 10.0. The third-order valence-electron chi connectivity index (χ3n) is 4.23. The molecule has 0 bridgehead atoms. The van der Waals surface area contributed by atoms with E-state index in [0.29, 0.717) is 32.7 Å². The number of rotatable bonds is 4. The van der Waals surface area contributed by atoms with E-state index >= 15 is 0 Å². The fourth-order valence-corrected chi connectivity index (χ4v) is 3.41. The second kappa shape index (κ2) is 8.73. The maximum Gasteiger partial charge on any atom is 0.258 e. The molecule has 2 N–H and O–H groups in total. The van der Waals surface area contributed by atoms with Gasteiger partial charge >= 0.3 is 0 Å². The van der Waals surface area contributed by atoms with E-state index in [1.165, 1.54) is 11.3 Å². The molecule has 31 heavy (non-hydrogen) atoms. The van der Waals surface area contributed by atoms with Crippen molar-refractivity contribution in [1.29, 1.82) is 0 Å². The minimum Gasteiger partial charge on any atom is -0.494 e. The molecule has 4 rings (SSSR count). The molecule has 9 nitrogen and oxygen atoms in total. The molecular formula is C21H17N7O2S. The molecule has 154 valence electrons. The Morgan fingerprint density at radius 3 is 2.81 bits per heavy atom. The van der Waals surface area contributed by atoms with Crippen LogP contribution in [0, 0.1) is 25.7 Å². The molecule has 0 aliphatic heterocycles. The van der Waals surface area contributed by atoms with Crippen LogP contribution >= 0.6 is 11.3 Å². The first-order valence-corrected chi connectivity index (χ1v) is 9.99. The van der Waals surface area contributed by atoms with Crippen molar-refractivity contribution in [3.8, 4) is 28.7 Å². The number of hydrogen-bond donors (Lipinski definition) is 2. The van der Waals surface area contributed by atoms with Crippen LogP contribution in [0.15, 0.2) is 36.8 Å².